The van der Waals surface area contributed by atoms with Crippen molar-refractivity contribution in [2.45, 2.75) is 61.7 Å². The molecule has 0 amide bonds. The minimum absolute atomic E-state index is 0.00366. The summed E-state index contributed by atoms with van der Waals surface area (Å²) in [6.07, 6.45) is 7.26. The predicted molar refractivity (Wildman–Crippen MR) is 90.0 cm³/mol. The molecule has 3 nitrogen and oxygen atoms in total. The van der Waals surface area contributed by atoms with Crippen molar-refractivity contribution in [1.29, 1.82) is 0 Å². The molecule has 0 spiro atoms. The van der Waals surface area contributed by atoms with Crippen LogP contribution in [0.2, 0.25) is 0 Å². The first-order valence-electron chi connectivity index (χ1n) is 7.70. The second-order valence-electron chi connectivity index (χ2n) is 5.94. The summed E-state index contributed by atoms with van der Waals surface area (Å²) in [6, 6.07) is 7.06. The van der Waals surface area contributed by atoms with Crippen LogP contribution in [0.3, 0.4) is 0 Å². The van der Waals surface area contributed by atoms with E-state index >= 15 is 0 Å². The van der Waals surface area contributed by atoms with E-state index < -0.39 is 10.0 Å². The zero-order valence-electron chi connectivity index (χ0n) is 12.5. The maximum absolute atomic E-state index is 12.4. The molecule has 0 saturated heterocycles. The van der Waals surface area contributed by atoms with Gasteiger partial charge in [-0.1, -0.05) is 53.7 Å². The van der Waals surface area contributed by atoms with Crippen LogP contribution in [0, 0.1) is 5.92 Å². The maximum atomic E-state index is 12.4. The molecule has 1 atom stereocenters. The maximum Gasteiger partial charge on any atom is 0.240 e. The third kappa shape index (κ3) is 4.80. The van der Waals surface area contributed by atoms with Crippen LogP contribution < -0.4 is 4.72 Å². The normalized spacial score (nSPS) is 19.1. The fraction of sp³-hybridized carbons (Fsp3) is 0.625. The van der Waals surface area contributed by atoms with Gasteiger partial charge in [0.1, 0.15) is 0 Å². The van der Waals surface area contributed by atoms with E-state index in [1.165, 1.54) is 25.7 Å². The lowest BCUT2D eigenvalue weighted by Gasteiger charge is -2.23. The highest BCUT2D eigenvalue weighted by Crippen LogP contribution is 2.26. The molecule has 0 aromatic heterocycles. The van der Waals surface area contributed by atoms with Gasteiger partial charge < -0.3 is 0 Å². The number of benzene rings is 1. The Morgan fingerprint density at radius 1 is 1.14 bits per heavy atom. The molecule has 2 rings (SSSR count). The summed E-state index contributed by atoms with van der Waals surface area (Å²) < 4.78 is 27.8. The van der Waals surface area contributed by atoms with Crippen molar-refractivity contribution in [1.82, 2.24) is 4.72 Å². The van der Waals surface area contributed by atoms with Gasteiger partial charge in [0.2, 0.25) is 10.0 Å². The lowest BCUT2D eigenvalue weighted by atomic mass is 9.94. The Kier molecular flexibility index (Phi) is 6.26. The molecule has 0 radical (unpaired) electrons. The van der Waals surface area contributed by atoms with E-state index in [-0.39, 0.29) is 6.04 Å². The van der Waals surface area contributed by atoms with Crippen molar-refractivity contribution in [3.05, 3.63) is 29.8 Å². The summed E-state index contributed by atoms with van der Waals surface area (Å²) in [7, 11) is -3.41. The van der Waals surface area contributed by atoms with Gasteiger partial charge in [0.25, 0.3) is 0 Å². The molecule has 1 aliphatic carbocycles. The molecule has 1 aromatic carbocycles. The summed E-state index contributed by atoms with van der Waals surface area (Å²) in [6.45, 7) is 2.00. The Hall–Kier alpha value is -0.390. The van der Waals surface area contributed by atoms with Gasteiger partial charge in [-0.3, -0.25) is 0 Å². The number of halogens is 1. The van der Waals surface area contributed by atoms with Crippen LogP contribution in [0.1, 0.15) is 51.0 Å². The van der Waals surface area contributed by atoms with Crippen molar-refractivity contribution in [2.75, 3.05) is 0 Å². The third-order valence-electron chi connectivity index (χ3n) is 4.34. The number of rotatable bonds is 5. The molecule has 1 saturated carbocycles. The highest BCUT2D eigenvalue weighted by Gasteiger charge is 2.24. The highest BCUT2D eigenvalue weighted by atomic mass is 79.9. The van der Waals surface area contributed by atoms with Gasteiger partial charge in [0.05, 0.1) is 4.90 Å². The molecule has 0 aliphatic heterocycles. The van der Waals surface area contributed by atoms with E-state index in [0.29, 0.717) is 10.8 Å². The summed E-state index contributed by atoms with van der Waals surface area (Å²) in [5.74, 6) is 0.462. The van der Waals surface area contributed by atoms with Gasteiger partial charge in [0.15, 0.2) is 0 Å². The van der Waals surface area contributed by atoms with E-state index in [2.05, 4.69) is 20.7 Å². The number of alkyl halides is 1. The summed E-state index contributed by atoms with van der Waals surface area (Å²) in [5.41, 5.74) is 1.07. The number of nitrogens with one attached hydrogen (secondary N) is 1. The smallest absolute Gasteiger partial charge is 0.208 e. The quantitative estimate of drug-likeness (QED) is 0.620. The molecule has 1 aliphatic rings. The first-order chi connectivity index (χ1) is 10.0. The largest absolute Gasteiger partial charge is 0.240 e. The zero-order valence-corrected chi connectivity index (χ0v) is 14.9. The van der Waals surface area contributed by atoms with Crippen molar-refractivity contribution in [3.63, 3.8) is 0 Å². The van der Waals surface area contributed by atoms with E-state index in [1.807, 2.05) is 19.1 Å². The van der Waals surface area contributed by atoms with Crippen LogP contribution in [-0.4, -0.2) is 14.5 Å². The van der Waals surface area contributed by atoms with Gasteiger partial charge >= 0.3 is 0 Å². The first kappa shape index (κ1) is 17.0. The Morgan fingerprint density at radius 2 is 1.71 bits per heavy atom. The summed E-state index contributed by atoms with van der Waals surface area (Å²) >= 11 is 3.37. The van der Waals surface area contributed by atoms with Crippen LogP contribution in [-0.2, 0) is 15.4 Å². The molecule has 1 aromatic rings. The van der Waals surface area contributed by atoms with Gasteiger partial charge in [-0.25, -0.2) is 13.1 Å². The Balaban J connectivity index is 2.04. The number of hydrogen-bond donors (Lipinski definition) is 1. The van der Waals surface area contributed by atoms with Crippen LogP contribution in [0.25, 0.3) is 0 Å². The van der Waals surface area contributed by atoms with Crippen LogP contribution >= 0.6 is 15.9 Å². The molecule has 5 heteroatoms. The highest BCUT2D eigenvalue weighted by molar-refractivity contribution is 9.08. The monoisotopic (exact) mass is 373 g/mol. The molecule has 0 bridgehead atoms. The lowest BCUT2D eigenvalue weighted by molar-refractivity contribution is 0.370. The van der Waals surface area contributed by atoms with E-state index in [1.54, 1.807) is 12.1 Å². The summed E-state index contributed by atoms with van der Waals surface area (Å²) in [4.78, 5) is 0.354. The van der Waals surface area contributed by atoms with E-state index in [9.17, 15) is 8.42 Å². The van der Waals surface area contributed by atoms with Crippen LogP contribution in [0.5, 0.6) is 0 Å². The minimum Gasteiger partial charge on any atom is -0.208 e. The fourth-order valence-electron chi connectivity index (χ4n) is 2.98. The molecular weight excluding hydrogens is 350 g/mol. The SMILES string of the molecule is C[C@@H](NS(=O)(=O)c1ccc(CBr)cc1)C1CCCCCC1. The summed E-state index contributed by atoms with van der Waals surface area (Å²) in [5, 5.41) is 0.735. The standard InChI is InChI=1S/C16H24BrNO2S/c1-13(15-6-4-2-3-5-7-15)18-21(19,20)16-10-8-14(12-17)9-11-16/h8-11,13,15,18H,2-7,12H2,1H3/t13-/m1/s1. The van der Waals surface area contributed by atoms with Gasteiger partial charge in [-0.2, -0.15) is 0 Å². The van der Waals surface area contributed by atoms with E-state index in [4.69, 9.17) is 0 Å². The van der Waals surface area contributed by atoms with Gasteiger partial charge in [-0.15, -0.1) is 0 Å². The molecule has 0 unspecified atom stereocenters. The Morgan fingerprint density at radius 3 is 2.24 bits per heavy atom. The Bertz CT molecular complexity index is 534. The second-order valence-corrected chi connectivity index (χ2v) is 8.21. The second kappa shape index (κ2) is 7.75. The zero-order chi connectivity index (χ0) is 15.3. The predicted octanol–water partition coefficient (Wildman–Crippen LogP) is 4.22. The van der Waals surface area contributed by atoms with Crippen molar-refractivity contribution < 1.29 is 8.42 Å². The average molecular weight is 374 g/mol. The topological polar surface area (TPSA) is 46.2 Å². The first-order valence-corrected chi connectivity index (χ1v) is 10.3. The van der Waals surface area contributed by atoms with Gasteiger partial charge in [-0.05, 0) is 43.4 Å². The lowest BCUT2D eigenvalue weighted by Crippen LogP contribution is -2.37. The molecule has 0 heterocycles. The molecular formula is C16H24BrNO2S. The number of sulfonamides is 1. The van der Waals surface area contributed by atoms with Crippen molar-refractivity contribution >= 4 is 26.0 Å². The van der Waals surface area contributed by atoms with Crippen LogP contribution in [0.15, 0.2) is 29.2 Å². The number of hydrogen-bond acceptors (Lipinski definition) is 2. The molecule has 1 fully saturated rings. The van der Waals surface area contributed by atoms with Crippen molar-refractivity contribution in [3.8, 4) is 0 Å². The molecule has 21 heavy (non-hydrogen) atoms. The third-order valence-corrected chi connectivity index (χ3v) is 6.56. The van der Waals surface area contributed by atoms with Gasteiger partial charge in [0, 0.05) is 11.4 Å². The molecule has 118 valence electrons. The Labute approximate surface area is 136 Å². The van der Waals surface area contributed by atoms with Crippen molar-refractivity contribution in [2.24, 2.45) is 5.92 Å². The fourth-order valence-corrected chi connectivity index (χ4v) is 4.66. The minimum atomic E-state index is -3.41. The van der Waals surface area contributed by atoms with Crippen LogP contribution in [0.4, 0.5) is 0 Å². The molecule has 1 N–H and O–H groups in total. The van der Waals surface area contributed by atoms with E-state index in [0.717, 1.165) is 23.7 Å². The average Bonchev–Trinajstić information content (AvgIpc) is 2.76.